The van der Waals surface area contributed by atoms with Gasteiger partial charge in [-0.1, -0.05) is 19.8 Å². The zero-order chi connectivity index (χ0) is 12.1. The molecule has 1 aliphatic carbocycles. The van der Waals surface area contributed by atoms with E-state index in [-0.39, 0.29) is 11.9 Å². The molecule has 1 rings (SSSR count). The number of amides is 1. The van der Waals surface area contributed by atoms with Crippen LogP contribution in [-0.2, 0) is 9.59 Å². The Morgan fingerprint density at radius 3 is 2.62 bits per heavy atom. The Kier molecular flexibility index (Phi) is 4.73. The van der Waals surface area contributed by atoms with Gasteiger partial charge in [0.25, 0.3) is 0 Å². The average molecular weight is 228 g/mol. The molecule has 0 radical (unpaired) electrons. The summed E-state index contributed by atoms with van der Waals surface area (Å²) in [6.07, 6.45) is 3.83. The minimum atomic E-state index is -0.824. The van der Waals surface area contributed by atoms with Crippen LogP contribution >= 0.6 is 0 Å². The highest BCUT2D eigenvalue weighted by molar-refractivity contribution is 5.82. The zero-order valence-corrected chi connectivity index (χ0v) is 9.61. The van der Waals surface area contributed by atoms with Gasteiger partial charge < -0.3 is 16.2 Å². The van der Waals surface area contributed by atoms with Crippen LogP contribution in [0.4, 0.5) is 0 Å². The number of carbonyl (C=O) groups excluding carboxylic acids is 1. The van der Waals surface area contributed by atoms with Gasteiger partial charge in [0.05, 0.1) is 12.0 Å². The molecule has 0 aliphatic heterocycles. The molecule has 3 atom stereocenters. The number of nitrogens with two attached hydrogens (primary N) is 1. The maximum atomic E-state index is 11.6. The quantitative estimate of drug-likeness (QED) is 0.652. The van der Waals surface area contributed by atoms with Crippen molar-refractivity contribution < 1.29 is 14.7 Å². The SMILES string of the molecule is CCC(N)C(=O)NC1CCCCC1C(=O)O. The number of carbonyl (C=O) groups is 2. The molecule has 92 valence electrons. The van der Waals surface area contributed by atoms with Gasteiger partial charge >= 0.3 is 5.97 Å². The van der Waals surface area contributed by atoms with Crippen LogP contribution in [0.3, 0.4) is 0 Å². The number of nitrogens with one attached hydrogen (secondary N) is 1. The van der Waals surface area contributed by atoms with Gasteiger partial charge in [-0.15, -0.1) is 0 Å². The van der Waals surface area contributed by atoms with Crippen molar-refractivity contribution >= 4 is 11.9 Å². The fourth-order valence-electron chi connectivity index (χ4n) is 2.07. The lowest BCUT2D eigenvalue weighted by atomic mass is 9.84. The third-order valence-electron chi connectivity index (χ3n) is 3.19. The van der Waals surface area contributed by atoms with Crippen LogP contribution in [0.2, 0.25) is 0 Å². The van der Waals surface area contributed by atoms with E-state index in [1.807, 2.05) is 6.92 Å². The average Bonchev–Trinajstić information content (AvgIpc) is 2.28. The van der Waals surface area contributed by atoms with Gasteiger partial charge in [-0.05, 0) is 19.3 Å². The summed E-state index contributed by atoms with van der Waals surface area (Å²) in [6.45, 7) is 1.83. The monoisotopic (exact) mass is 228 g/mol. The minimum Gasteiger partial charge on any atom is -0.481 e. The van der Waals surface area contributed by atoms with Crippen molar-refractivity contribution in [3.63, 3.8) is 0 Å². The summed E-state index contributed by atoms with van der Waals surface area (Å²) in [4.78, 5) is 22.6. The molecule has 0 aromatic rings. The summed E-state index contributed by atoms with van der Waals surface area (Å²) in [7, 11) is 0. The van der Waals surface area contributed by atoms with E-state index in [2.05, 4.69) is 5.32 Å². The van der Waals surface area contributed by atoms with Crippen LogP contribution in [0.5, 0.6) is 0 Å². The molecule has 4 N–H and O–H groups in total. The lowest BCUT2D eigenvalue weighted by Crippen LogP contribution is -2.50. The summed E-state index contributed by atoms with van der Waals surface area (Å²) in [5.41, 5.74) is 5.60. The Morgan fingerprint density at radius 2 is 2.06 bits per heavy atom. The summed E-state index contributed by atoms with van der Waals surface area (Å²) in [5.74, 6) is -1.52. The van der Waals surface area contributed by atoms with Gasteiger partial charge in [0, 0.05) is 6.04 Å². The van der Waals surface area contributed by atoms with Crippen LogP contribution in [0.25, 0.3) is 0 Å². The predicted octanol–water partition coefficient (Wildman–Crippen LogP) is 0.483. The summed E-state index contributed by atoms with van der Waals surface area (Å²) in [6, 6.07) is -0.785. The van der Waals surface area contributed by atoms with Gasteiger partial charge in [0.1, 0.15) is 0 Å². The smallest absolute Gasteiger partial charge is 0.308 e. The zero-order valence-electron chi connectivity index (χ0n) is 9.61. The Balaban J connectivity index is 2.56. The Morgan fingerprint density at radius 1 is 1.44 bits per heavy atom. The van der Waals surface area contributed by atoms with E-state index < -0.39 is 17.9 Å². The van der Waals surface area contributed by atoms with Gasteiger partial charge in [-0.2, -0.15) is 0 Å². The number of hydrogen-bond acceptors (Lipinski definition) is 3. The van der Waals surface area contributed by atoms with Gasteiger partial charge in [-0.25, -0.2) is 0 Å². The van der Waals surface area contributed by atoms with Crippen molar-refractivity contribution in [3.05, 3.63) is 0 Å². The molecule has 1 fully saturated rings. The van der Waals surface area contributed by atoms with Crippen LogP contribution in [0, 0.1) is 5.92 Å². The first-order valence-corrected chi connectivity index (χ1v) is 5.85. The Labute approximate surface area is 95.4 Å². The first kappa shape index (κ1) is 13.0. The van der Waals surface area contributed by atoms with Crippen LogP contribution < -0.4 is 11.1 Å². The molecule has 5 heteroatoms. The van der Waals surface area contributed by atoms with E-state index in [1.165, 1.54) is 0 Å². The topological polar surface area (TPSA) is 92.4 Å². The van der Waals surface area contributed by atoms with Crippen molar-refractivity contribution in [1.82, 2.24) is 5.32 Å². The summed E-state index contributed by atoms with van der Waals surface area (Å²) >= 11 is 0. The molecule has 0 heterocycles. The third-order valence-corrected chi connectivity index (χ3v) is 3.19. The molecule has 0 bridgehead atoms. The minimum absolute atomic E-state index is 0.236. The fraction of sp³-hybridized carbons (Fsp3) is 0.818. The number of carboxylic acids is 1. The van der Waals surface area contributed by atoms with Crippen molar-refractivity contribution in [3.8, 4) is 0 Å². The first-order valence-electron chi connectivity index (χ1n) is 5.85. The number of carboxylic acid groups (broad SMARTS) is 1. The molecule has 1 aliphatic rings. The summed E-state index contributed by atoms with van der Waals surface area (Å²) < 4.78 is 0. The number of rotatable bonds is 4. The van der Waals surface area contributed by atoms with E-state index in [4.69, 9.17) is 10.8 Å². The second-order valence-electron chi connectivity index (χ2n) is 4.36. The molecule has 0 saturated heterocycles. The molecule has 0 spiro atoms. The molecule has 0 aromatic carbocycles. The highest BCUT2D eigenvalue weighted by atomic mass is 16.4. The molecule has 1 amide bonds. The van der Waals surface area contributed by atoms with Gasteiger partial charge in [0.15, 0.2) is 0 Å². The van der Waals surface area contributed by atoms with E-state index in [0.29, 0.717) is 12.8 Å². The van der Waals surface area contributed by atoms with E-state index in [0.717, 1.165) is 19.3 Å². The highest BCUT2D eigenvalue weighted by Gasteiger charge is 2.32. The lowest BCUT2D eigenvalue weighted by molar-refractivity contribution is -0.144. The number of hydrogen-bond donors (Lipinski definition) is 3. The molecule has 16 heavy (non-hydrogen) atoms. The van der Waals surface area contributed by atoms with Crippen molar-refractivity contribution in [1.29, 1.82) is 0 Å². The van der Waals surface area contributed by atoms with Crippen LogP contribution in [0.1, 0.15) is 39.0 Å². The molecule has 0 aromatic heterocycles. The van der Waals surface area contributed by atoms with Gasteiger partial charge in [-0.3, -0.25) is 9.59 Å². The van der Waals surface area contributed by atoms with Crippen molar-refractivity contribution in [2.45, 2.75) is 51.1 Å². The lowest BCUT2D eigenvalue weighted by Gasteiger charge is -2.30. The third kappa shape index (κ3) is 3.20. The standard InChI is InChI=1S/C11H20N2O3/c1-2-8(12)10(14)13-9-6-4-3-5-7(9)11(15)16/h7-9H,2-6,12H2,1H3,(H,13,14)(H,15,16). The van der Waals surface area contributed by atoms with Gasteiger partial charge in [0.2, 0.25) is 5.91 Å². The largest absolute Gasteiger partial charge is 0.481 e. The molecule has 3 unspecified atom stereocenters. The second kappa shape index (κ2) is 5.84. The normalized spacial score (nSPS) is 27.1. The maximum Gasteiger partial charge on any atom is 0.308 e. The van der Waals surface area contributed by atoms with E-state index in [1.54, 1.807) is 0 Å². The summed E-state index contributed by atoms with van der Waals surface area (Å²) in [5, 5.41) is 11.8. The number of aliphatic carboxylic acids is 1. The second-order valence-corrected chi connectivity index (χ2v) is 4.36. The Bertz CT molecular complexity index is 268. The molecule has 5 nitrogen and oxygen atoms in total. The van der Waals surface area contributed by atoms with Crippen molar-refractivity contribution in [2.24, 2.45) is 11.7 Å². The maximum absolute atomic E-state index is 11.6. The molecular weight excluding hydrogens is 208 g/mol. The van der Waals surface area contributed by atoms with Crippen molar-refractivity contribution in [2.75, 3.05) is 0 Å². The molecule has 1 saturated carbocycles. The van der Waals surface area contributed by atoms with E-state index >= 15 is 0 Å². The predicted molar refractivity (Wildman–Crippen MR) is 59.8 cm³/mol. The Hall–Kier alpha value is -1.10. The van der Waals surface area contributed by atoms with E-state index in [9.17, 15) is 9.59 Å². The van der Waals surface area contributed by atoms with Crippen LogP contribution in [-0.4, -0.2) is 29.1 Å². The fourth-order valence-corrected chi connectivity index (χ4v) is 2.07. The highest BCUT2D eigenvalue weighted by Crippen LogP contribution is 2.24. The molecular formula is C11H20N2O3. The first-order chi connectivity index (χ1) is 7.56. The van der Waals surface area contributed by atoms with Crippen LogP contribution in [0.15, 0.2) is 0 Å².